The highest BCUT2D eigenvalue weighted by molar-refractivity contribution is 9.10. The van der Waals surface area contributed by atoms with Crippen molar-refractivity contribution in [2.24, 2.45) is 16.3 Å². The third kappa shape index (κ3) is 3.66. The van der Waals surface area contributed by atoms with E-state index < -0.39 is 0 Å². The van der Waals surface area contributed by atoms with Crippen molar-refractivity contribution in [3.05, 3.63) is 28.2 Å². The van der Waals surface area contributed by atoms with E-state index in [1.807, 2.05) is 6.07 Å². The molecule has 0 spiro atoms. The molecule has 0 aliphatic heterocycles. The maximum atomic E-state index is 8.67. The van der Waals surface area contributed by atoms with Gasteiger partial charge in [-0.15, -0.1) is 0 Å². The van der Waals surface area contributed by atoms with Crippen molar-refractivity contribution in [1.29, 1.82) is 0 Å². The Morgan fingerprint density at radius 3 is 2.60 bits per heavy atom. The topological polar surface area (TPSA) is 67.8 Å². The first-order valence-electron chi connectivity index (χ1n) is 6.85. The summed E-state index contributed by atoms with van der Waals surface area (Å²) in [6.07, 6.45) is 4.83. The Hall–Kier alpha value is -1.23. The maximum absolute atomic E-state index is 8.67. The van der Waals surface area contributed by atoms with Crippen molar-refractivity contribution >= 4 is 21.8 Å². The van der Waals surface area contributed by atoms with Crippen molar-refractivity contribution < 1.29 is 9.94 Å². The van der Waals surface area contributed by atoms with Crippen LogP contribution in [0.2, 0.25) is 0 Å². The van der Waals surface area contributed by atoms with Gasteiger partial charge in [-0.3, -0.25) is 0 Å². The Morgan fingerprint density at radius 1 is 1.40 bits per heavy atom. The zero-order chi connectivity index (χ0) is 14.8. The van der Waals surface area contributed by atoms with E-state index >= 15 is 0 Å². The van der Waals surface area contributed by atoms with Crippen molar-refractivity contribution in [3.8, 4) is 5.75 Å². The van der Waals surface area contributed by atoms with Gasteiger partial charge in [0.15, 0.2) is 5.84 Å². The smallest absolute Gasteiger partial charge is 0.170 e. The standard InChI is InChI=1S/C15H21BrN2O2/c1-15(2)7-5-11(6-8-15)20-13-4-3-10(9-12(13)16)14(17)18-19/h3-4,9,11,19H,5-8H2,1-2H3,(H2,17,18). The number of halogens is 1. The molecule has 0 atom stereocenters. The first-order chi connectivity index (χ1) is 9.41. The minimum Gasteiger partial charge on any atom is -0.489 e. The molecule has 1 aliphatic carbocycles. The minimum absolute atomic E-state index is 0.0941. The Kier molecular flexibility index (Phi) is 4.58. The van der Waals surface area contributed by atoms with Crippen LogP contribution in [0.4, 0.5) is 0 Å². The lowest BCUT2D eigenvalue weighted by atomic mass is 9.76. The van der Waals surface area contributed by atoms with E-state index in [4.69, 9.17) is 15.7 Å². The number of amidine groups is 1. The Labute approximate surface area is 128 Å². The van der Waals surface area contributed by atoms with Gasteiger partial charge in [0.2, 0.25) is 0 Å². The van der Waals surface area contributed by atoms with Crippen LogP contribution in [-0.4, -0.2) is 17.1 Å². The van der Waals surface area contributed by atoms with E-state index in [1.165, 1.54) is 12.8 Å². The molecular formula is C15H21BrN2O2. The van der Waals surface area contributed by atoms with Crippen molar-refractivity contribution in [2.75, 3.05) is 0 Å². The predicted molar refractivity (Wildman–Crippen MR) is 83.3 cm³/mol. The summed E-state index contributed by atoms with van der Waals surface area (Å²) in [4.78, 5) is 0. The van der Waals surface area contributed by atoms with Crippen LogP contribution in [0.5, 0.6) is 5.75 Å². The molecule has 2 rings (SSSR count). The second kappa shape index (κ2) is 6.04. The third-order valence-corrected chi connectivity index (χ3v) is 4.53. The highest BCUT2D eigenvalue weighted by Gasteiger charge is 2.28. The number of hydrogen-bond donors (Lipinski definition) is 2. The average Bonchev–Trinajstić information content (AvgIpc) is 2.42. The van der Waals surface area contributed by atoms with Crippen molar-refractivity contribution in [3.63, 3.8) is 0 Å². The average molecular weight is 341 g/mol. The third-order valence-electron chi connectivity index (χ3n) is 3.92. The van der Waals surface area contributed by atoms with E-state index in [9.17, 15) is 0 Å². The molecule has 0 aromatic heterocycles. The molecule has 110 valence electrons. The lowest BCUT2D eigenvalue weighted by Gasteiger charge is -2.34. The number of oxime groups is 1. The Morgan fingerprint density at radius 2 is 2.05 bits per heavy atom. The van der Waals surface area contributed by atoms with Crippen LogP contribution in [0.25, 0.3) is 0 Å². The second-order valence-corrected chi connectivity index (χ2v) is 6.97. The van der Waals surface area contributed by atoms with Crippen molar-refractivity contribution in [1.82, 2.24) is 0 Å². The molecule has 1 saturated carbocycles. The lowest BCUT2D eigenvalue weighted by molar-refractivity contribution is 0.0981. The summed E-state index contributed by atoms with van der Waals surface area (Å²) < 4.78 is 6.88. The number of nitrogens with zero attached hydrogens (tertiary/aromatic N) is 1. The Balaban J connectivity index is 2.04. The van der Waals surface area contributed by atoms with Crippen LogP contribution >= 0.6 is 15.9 Å². The maximum Gasteiger partial charge on any atom is 0.170 e. The number of hydrogen-bond acceptors (Lipinski definition) is 3. The van der Waals surface area contributed by atoms with E-state index in [1.54, 1.807) is 12.1 Å². The van der Waals surface area contributed by atoms with Gasteiger partial charge < -0.3 is 15.7 Å². The van der Waals surface area contributed by atoms with Crippen LogP contribution in [0.1, 0.15) is 45.1 Å². The monoisotopic (exact) mass is 340 g/mol. The van der Waals surface area contributed by atoms with Gasteiger partial charge in [0.25, 0.3) is 0 Å². The highest BCUT2D eigenvalue weighted by Crippen LogP contribution is 2.37. The minimum atomic E-state index is 0.0941. The van der Waals surface area contributed by atoms with Gasteiger partial charge in [-0.1, -0.05) is 19.0 Å². The van der Waals surface area contributed by atoms with Gasteiger partial charge in [0.1, 0.15) is 5.75 Å². The Bertz CT molecular complexity index is 505. The molecule has 0 unspecified atom stereocenters. The second-order valence-electron chi connectivity index (χ2n) is 6.11. The normalized spacial score (nSPS) is 19.9. The lowest BCUT2D eigenvalue weighted by Crippen LogP contribution is -2.28. The van der Waals surface area contributed by atoms with Gasteiger partial charge in [-0.25, -0.2) is 0 Å². The van der Waals surface area contributed by atoms with E-state index in [0.717, 1.165) is 23.1 Å². The molecule has 1 aromatic carbocycles. The van der Waals surface area contributed by atoms with E-state index in [0.29, 0.717) is 11.0 Å². The fourth-order valence-corrected chi connectivity index (χ4v) is 2.96. The van der Waals surface area contributed by atoms with Gasteiger partial charge in [-0.2, -0.15) is 0 Å². The highest BCUT2D eigenvalue weighted by atomic mass is 79.9. The first-order valence-corrected chi connectivity index (χ1v) is 7.65. The van der Waals surface area contributed by atoms with E-state index in [-0.39, 0.29) is 11.9 Å². The summed E-state index contributed by atoms with van der Waals surface area (Å²) in [6.45, 7) is 4.62. The van der Waals surface area contributed by atoms with E-state index in [2.05, 4.69) is 34.9 Å². The van der Waals surface area contributed by atoms with Crippen LogP contribution in [0.3, 0.4) is 0 Å². The summed E-state index contributed by atoms with van der Waals surface area (Å²) in [5.41, 5.74) is 6.67. The fraction of sp³-hybridized carbons (Fsp3) is 0.533. The van der Waals surface area contributed by atoms with Gasteiger partial charge >= 0.3 is 0 Å². The van der Waals surface area contributed by atoms with Gasteiger partial charge in [-0.05, 0) is 65.2 Å². The SMILES string of the molecule is CC1(C)CCC(Oc2ccc(/C(N)=N/O)cc2Br)CC1. The first kappa shape index (κ1) is 15.2. The molecule has 20 heavy (non-hydrogen) atoms. The number of rotatable bonds is 3. The number of nitrogens with two attached hydrogens (primary N) is 1. The molecule has 0 amide bonds. The van der Waals surface area contributed by atoms with Crippen LogP contribution in [0, 0.1) is 5.41 Å². The summed E-state index contributed by atoms with van der Waals surface area (Å²) in [5.74, 6) is 0.904. The molecule has 0 radical (unpaired) electrons. The van der Waals surface area contributed by atoms with Gasteiger partial charge in [0.05, 0.1) is 10.6 Å². The molecule has 1 fully saturated rings. The summed E-state index contributed by atoms with van der Waals surface area (Å²) in [5, 5.41) is 11.7. The zero-order valence-electron chi connectivity index (χ0n) is 11.9. The fourth-order valence-electron chi connectivity index (χ4n) is 2.48. The van der Waals surface area contributed by atoms with Crippen LogP contribution < -0.4 is 10.5 Å². The zero-order valence-corrected chi connectivity index (χ0v) is 13.5. The quantitative estimate of drug-likeness (QED) is 0.379. The summed E-state index contributed by atoms with van der Waals surface area (Å²) >= 11 is 3.48. The molecule has 0 heterocycles. The molecule has 0 saturated heterocycles. The molecule has 4 nitrogen and oxygen atoms in total. The van der Waals surface area contributed by atoms with Crippen molar-refractivity contribution in [2.45, 2.75) is 45.6 Å². The summed E-state index contributed by atoms with van der Waals surface area (Å²) in [6, 6.07) is 5.45. The molecule has 1 aliphatic rings. The summed E-state index contributed by atoms with van der Waals surface area (Å²) in [7, 11) is 0. The molecule has 1 aromatic rings. The molecule has 3 N–H and O–H groups in total. The number of ether oxygens (including phenoxy) is 1. The van der Waals surface area contributed by atoms with Crippen LogP contribution in [0.15, 0.2) is 27.8 Å². The molecule has 0 bridgehead atoms. The van der Waals surface area contributed by atoms with Crippen LogP contribution in [-0.2, 0) is 0 Å². The molecule has 5 heteroatoms. The molecular weight excluding hydrogens is 320 g/mol. The predicted octanol–water partition coefficient (Wildman–Crippen LogP) is 3.89. The number of benzene rings is 1. The largest absolute Gasteiger partial charge is 0.489 e. The van der Waals surface area contributed by atoms with Gasteiger partial charge in [0, 0.05) is 5.56 Å².